The summed E-state index contributed by atoms with van der Waals surface area (Å²) < 4.78 is 11.0. The lowest BCUT2D eigenvalue weighted by Crippen LogP contribution is -2.05. The summed E-state index contributed by atoms with van der Waals surface area (Å²) in [4.78, 5) is 11.2. The minimum Gasteiger partial charge on any atom is -0.496 e. The first-order chi connectivity index (χ1) is 10.1. The number of methoxy groups -OCH3 is 1. The van der Waals surface area contributed by atoms with E-state index in [0.29, 0.717) is 5.75 Å². The predicted molar refractivity (Wildman–Crippen MR) is 79.2 cm³/mol. The number of carboxylic acids is 1. The number of fused-ring (bicyclic) bond motifs is 1. The molecule has 1 heterocycles. The van der Waals surface area contributed by atoms with Crippen LogP contribution in [-0.2, 0) is 6.42 Å². The molecule has 1 atom stereocenters. The van der Waals surface area contributed by atoms with E-state index in [1.54, 1.807) is 25.3 Å². The van der Waals surface area contributed by atoms with E-state index in [4.69, 9.17) is 14.6 Å². The van der Waals surface area contributed by atoms with Crippen LogP contribution in [-0.4, -0.2) is 24.3 Å². The Morgan fingerprint density at radius 1 is 1.29 bits per heavy atom. The molecule has 0 fully saturated rings. The fraction of sp³-hybridized carbons (Fsp3) is 0.235. The first-order valence-corrected chi connectivity index (χ1v) is 6.80. The highest BCUT2D eigenvalue weighted by Crippen LogP contribution is 2.36. The maximum absolute atomic E-state index is 11.2. The van der Waals surface area contributed by atoms with Gasteiger partial charge in [-0.25, -0.2) is 4.79 Å². The fourth-order valence-electron chi connectivity index (χ4n) is 2.66. The Morgan fingerprint density at radius 3 is 2.81 bits per heavy atom. The largest absolute Gasteiger partial charge is 0.496 e. The van der Waals surface area contributed by atoms with Crippen molar-refractivity contribution in [1.29, 1.82) is 0 Å². The van der Waals surface area contributed by atoms with Crippen LogP contribution in [0.2, 0.25) is 0 Å². The molecule has 0 spiro atoms. The minimum absolute atomic E-state index is 0.183. The van der Waals surface area contributed by atoms with Crippen molar-refractivity contribution in [3.8, 4) is 22.6 Å². The van der Waals surface area contributed by atoms with Crippen LogP contribution in [0.25, 0.3) is 11.1 Å². The molecule has 0 saturated heterocycles. The maximum atomic E-state index is 11.2. The standard InChI is InChI=1S/C17H16O4/c1-10-7-13-8-11(3-5-15(13)21-10)14-9-12(17(18)19)4-6-16(14)20-2/h3-6,8-10H,7H2,1-2H3,(H,18,19). The monoisotopic (exact) mass is 284 g/mol. The Kier molecular flexibility index (Phi) is 3.29. The SMILES string of the molecule is COc1ccc(C(=O)O)cc1-c1ccc2c(c1)CC(C)O2. The van der Waals surface area contributed by atoms with Crippen LogP contribution in [0.3, 0.4) is 0 Å². The average Bonchev–Trinajstić information content (AvgIpc) is 2.85. The quantitative estimate of drug-likeness (QED) is 0.938. The number of carbonyl (C=O) groups is 1. The molecular weight excluding hydrogens is 268 g/mol. The van der Waals surface area contributed by atoms with E-state index in [2.05, 4.69) is 0 Å². The van der Waals surface area contributed by atoms with Crippen molar-refractivity contribution in [3.63, 3.8) is 0 Å². The average molecular weight is 284 g/mol. The van der Waals surface area contributed by atoms with Crippen molar-refractivity contribution in [2.75, 3.05) is 7.11 Å². The Bertz CT molecular complexity index is 706. The summed E-state index contributed by atoms with van der Waals surface area (Å²) in [5, 5.41) is 9.15. The van der Waals surface area contributed by atoms with E-state index < -0.39 is 5.97 Å². The number of aromatic carboxylic acids is 1. The molecule has 4 nitrogen and oxygen atoms in total. The van der Waals surface area contributed by atoms with Crippen molar-refractivity contribution >= 4 is 5.97 Å². The summed E-state index contributed by atoms with van der Waals surface area (Å²) in [6, 6.07) is 10.8. The zero-order valence-corrected chi connectivity index (χ0v) is 11.9. The highest BCUT2D eigenvalue weighted by atomic mass is 16.5. The van der Waals surface area contributed by atoms with E-state index in [9.17, 15) is 4.79 Å². The number of carboxylic acid groups (broad SMARTS) is 1. The van der Waals surface area contributed by atoms with Gasteiger partial charge < -0.3 is 14.6 Å². The van der Waals surface area contributed by atoms with Crippen molar-refractivity contribution in [1.82, 2.24) is 0 Å². The zero-order chi connectivity index (χ0) is 15.0. The molecule has 0 bridgehead atoms. The molecule has 4 heteroatoms. The number of ether oxygens (including phenoxy) is 2. The third-order valence-electron chi connectivity index (χ3n) is 3.65. The zero-order valence-electron chi connectivity index (χ0n) is 11.9. The Hall–Kier alpha value is -2.49. The third-order valence-corrected chi connectivity index (χ3v) is 3.65. The van der Waals surface area contributed by atoms with Gasteiger partial charge in [-0.05, 0) is 48.4 Å². The smallest absolute Gasteiger partial charge is 0.335 e. The van der Waals surface area contributed by atoms with E-state index in [0.717, 1.165) is 28.9 Å². The summed E-state index contributed by atoms with van der Waals surface area (Å²) in [6.07, 6.45) is 1.05. The van der Waals surface area contributed by atoms with Crippen LogP contribution in [0, 0.1) is 0 Å². The molecular formula is C17H16O4. The lowest BCUT2D eigenvalue weighted by atomic mass is 9.98. The van der Waals surface area contributed by atoms with E-state index in [1.165, 1.54) is 0 Å². The van der Waals surface area contributed by atoms with Crippen LogP contribution in [0.1, 0.15) is 22.8 Å². The molecule has 1 unspecified atom stereocenters. The van der Waals surface area contributed by atoms with Gasteiger partial charge >= 0.3 is 5.97 Å². The highest BCUT2D eigenvalue weighted by Gasteiger charge is 2.20. The van der Waals surface area contributed by atoms with Crippen LogP contribution in [0.5, 0.6) is 11.5 Å². The molecule has 2 aromatic rings. The normalized spacial score (nSPS) is 16.2. The molecule has 108 valence electrons. The number of benzene rings is 2. The lowest BCUT2D eigenvalue weighted by Gasteiger charge is -2.11. The summed E-state index contributed by atoms with van der Waals surface area (Å²) in [5.41, 5.74) is 3.10. The topological polar surface area (TPSA) is 55.8 Å². The molecule has 0 radical (unpaired) electrons. The van der Waals surface area contributed by atoms with Gasteiger partial charge in [-0.15, -0.1) is 0 Å². The van der Waals surface area contributed by atoms with Gasteiger partial charge in [0.2, 0.25) is 0 Å². The van der Waals surface area contributed by atoms with Gasteiger partial charge in [0.15, 0.2) is 0 Å². The molecule has 1 N–H and O–H groups in total. The summed E-state index contributed by atoms with van der Waals surface area (Å²) in [5.74, 6) is 0.614. The Morgan fingerprint density at radius 2 is 2.10 bits per heavy atom. The summed E-state index contributed by atoms with van der Waals surface area (Å²) >= 11 is 0. The van der Waals surface area contributed by atoms with Gasteiger partial charge in [-0.1, -0.05) is 6.07 Å². The van der Waals surface area contributed by atoms with E-state index in [1.807, 2.05) is 25.1 Å². The molecule has 3 rings (SSSR count). The third kappa shape index (κ3) is 2.44. The van der Waals surface area contributed by atoms with Crippen LogP contribution in [0.4, 0.5) is 0 Å². The van der Waals surface area contributed by atoms with Gasteiger partial charge in [0.05, 0.1) is 12.7 Å². The molecule has 1 aliphatic heterocycles. The van der Waals surface area contributed by atoms with Crippen molar-refractivity contribution < 1.29 is 19.4 Å². The molecule has 0 aromatic heterocycles. The first kappa shape index (κ1) is 13.5. The van der Waals surface area contributed by atoms with E-state index in [-0.39, 0.29) is 11.7 Å². The van der Waals surface area contributed by atoms with Gasteiger partial charge in [0.25, 0.3) is 0 Å². The predicted octanol–water partition coefficient (Wildman–Crippen LogP) is 3.38. The second-order valence-corrected chi connectivity index (χ2v) is 5.18. The molecule has 0 aliphatic carbocycles. The summed E-state index contributed by atoms with van der Waals surface area (Å²) in [7, 11) is 1.58. The fourth-order valence-corrected chi connectivity index (χ4v) is 2.66. The molecule has 0 saturated carbocycles. The van der Waals surface area contributed by atoms with Gasteiger partial charge in [0, 0.05) is 12.0 Å². The Labute approximate surface area is 122 Å². The maximum Gasteiger partial charge on any atom is 0.335 e. The molecule has 2 aromatic carbocycles. The van der Waals surface area contributed by atoms with Crippen LogP contribution >= 0.6 is 0 Å². The second-order valence-electron chi connectivity index (χ2n) is 5.18. The minimum atomic E-state index is -0.947. The summed E-state index contributed by atoms with van der Waals surface area (Å²) in [6.45, 7) is 2.03. The highest BCUT2D eigenvalue weighted by molar-refractivity contribution is 5.90. The lowest BCUT2D eigenvalue weighted by molar-refractivity contribution is 0.0697. The number of rotatable bonds is 3. The van der Waals surface area contributed by atoms with E-state index >= 15 is 0 Å². The van der Waals surface area contributed by atoms with Gasteiger partial charge in [0.1, 0.15) is 17.6 Å². The van der Waals surface area contributed by atoms with Crippen molar-refractivity contribution in [2.45, 2.75) is 19.4 Å². The van der Waals surface area contributed by atoms with Crippen LogP contribution in [0.15, 0.2) is 36.4 Å². The van der Waals surface area contributed by atoms with Crippen molar-refractivity contribution in [2.24, 2.45) is 0 Å². The van der Waals surface area contributed by atoms with Crippen LogP contribution < -0.4 is 9.47 Å². The molecule has 1 aliphatic rings. The molecule has 21 heavy (non-hydrogen) atoms. The second kappa shape index (κ2) is 5.13. The molecule has 0 amide bonds. The van der Waals surface area contributed by atoms with Gasteiger partial charge in [-0.2, -0.15) is 0 Å². The van der Waals surface area contributed by atoms with Crippen molar-refractivity contribution in [3.05, 3.63) is 47.5 Å². The van der Waals surface area contributed by atoms with Gasteiger partial charge in [-0.3, -0.25) is 0 Å². The first-order valence-electron chi connectivity index (χ1n) is 6.80. The Balaban J connectivity index is 2.09. The number of hydrogen-bond donors (Lipinski definition) is 1. The number of hydrogen-bond acceptors (Lipinski definition) is 3.